The first-order chi connectivity index (χ1) is 30.7. The molecule has 0 aliphatic carbocycles. The fourth-order valence-electron chi connectivity index (χ4n) is 9.09. The Kier molecular flexibility index (Phi) is 8.42. The van der Waals surface area contributed by atoms with Gasteiger partial charge in [0.05, 0.1) is 27.8 Å². The molecule has 0 radical (unpaired) electrons. The molecule has 0 aliphatic heterocycles. The number of benzene rings is 9. The molecule has 9 aromatic carbocycles. The molecular weight excluding hydrogens is 755 g/mol. The van der Waals surface area contributed by atoms with Gasteiger partial charge in [0.1, 0.15) is 0 Å². The second-order valence-electron chi connectivity index (χ2n) is 15.6. The Balaban J connectivity index is 0.971. The Morgan fingerprint density at radius 3 is 1.21 bits per heavy atom. The SMILES string of the molecule is c1ccc(-c2nc(-c3ccc(-c4ccc(-c5ccccc5)c(-n5c6ccccc6c6ccccc65)c4)cc3)nc(-c3cccc(-n4c5ccccc5c5ccccc54)c3)n2)cc1. The van der Waals surface area contributed by atoms with Crippen molar-refractivity contribution < 1.29 is 0 Å². The first-order valence-corrected chi connectivity index (χ1v) is 20.9. The lowest BCUT2D eigenvalue weighted by Crippen LogP contribution is -2.01. The Labute approximate surface area is 358 Å². The molecule has 0 saturated heterocycles. The van der Waals surface area contributed by atoms with Crippen molar-refractivity contribution in [2.24, 2.45) is 0 Å². The van der Waals surface area contributed by atoms with E-state index in [1.54, 1.807) is 0 Å². The maximum absolute atomic E-state index is 5.17. The van der Waals surface area contributed by atoms with E-state index in [0.717, 1.165) is 50.2 Å². The van der Waals surface area contributed by atoms with Crippen LogP contribution in [0.15, 0.2) is 224 Å². The van der Waals surface area contributed by atoms with Crippen LogP contribution in [0.3, 0.4) is 0 Å². The standard InChI is InChI=1S/C57H37N5/c1-3-16-39(17-4-1)45-35-34-42(37-54(45)62-52-28-13-9-24-48(52)49-25-10-14-29-53(49)62)38-30-32-41(33-31-38)56-58-55(40-18-5-2-6-19-40)59-57(60-56)43-20-15-21-44(36-43)61-50-26-11-7-22-46(50)47-23-8-12-27-51(47)61/h1-37H. The molecule has 0 atom stereocenters. The number of hydrogen-bond acceptors (Lipinski definition) is 3. The van der Waals surface area contributed by atoms with Gasteiger partial charge in [0.15, 0.2) is 17.5 Å². The quantitative estimate of drug-likeness (QED) is 0.162. The van der Waals surface area contributed by atoms with E-state index >= 15 is 0 Å². The van der Waals surface area contributed by atoms with Crippen molar-refractivity contribution >= 4 is 43.6 Å². The molecule has 5 heteroatoms. The number of rotatable bonds is 7. The minimum atomic E-state index is 0.618. The fraction of sp³-hybridized carbons (Fsp3) is 0. The molecule has 3 aromatic heterocycles. The summed E-state index contributed by atoms with van der Waals surface area (Å²) < 4.78 is 4.74. The molecular formula is C57H37N5. The molecule has 0 bridgehead atoms. The summed E-state index contributed by atoms with van der Waals surface area (Å²) in [6.45, 7) is 0. The Morgan fingerprint density at radius 1 is 0.258 bits per heavy atom. The summed E-state index contributed by atoms with van der Waals surface area (Å²) in [4.78, 5) is 15.3. The molecule has 62 heavy (non-hydrogen) atoms. The van der Waals surface area contributed by atoms with E-state index in [0.29, 0.717) is 17.5 Å². The van der Waals surface area contributed by atoms with E-state index in [2.05, 4.69) is 203 Å². The first kappa shape index (κ1) is 35.5. The van der Waals surface area contributed by atoms with Gasteiger partial charge >= 0.3 is 0 Å². The zero-order chi connectivity index (χ0) is 41.0. The highest BCUT2D eigenvalue weighted by molar-refractivity contribution is 6.10. The van der Waals surface area contributed by atoms with Crippen molar-refractivity contribution in [3.05, 3.63) is 224 Å². The lowest BCUT2D eigenvalue weighted by molar-refractivity contribution is 1.07. The fourth-order valence-corrected chi connectivity index (χ4v) is 9.09. The predicted octanol–water partition coefficient (Wildman–Crippen LogP) is 14.4. The van der Waals surface area contributed by atoms with Gasteiger partial charge in [-0.1, -0.05) is 182 Å². The van der Waals surface area contributed by atoms with Crippen molar-refractivity contribution in [1.29, 1.82) is 0 Å². The van der Waals surface area contributed by atoms with Crippen molar-refractivity contribution in [2.75, 3.05) is 0 Å². The van der Waals surface area contributed by atoms with E-state index in [9.17, 15) is 0 Å². The molecule has 0 N–H and O–H groups in total. The third-order valence-electron chi connectivity index (χ3n) is 12.0. The van der Waals surface area contributed by atoms with Gasteiger partial charge in [0.2, 0.25) is 0 Å². The van der Waals surface area contributed by atoms with E-state index in [4.69, 9.17) is 15.0 Å². The van der Waals surface area contributed by atoms with Gasteiger partial charge in [0, 0.05) is 49.5 Å². The van der Waals surface area contributed by atoms with E-state index in [-0.39, 0.29) is 0 Å². The Hall–Kier alpha value is -8.41. The molecule has 0 unspecified atom stereocenters. The average Bonchev–Trinajstić information content (AvgIpc) is 3.87. The second-order valence-corrected chi connectivity index (χ2v) is 15.6. The third-order valence-corrected chi connectivity index (χ3v) is 12.0. The molecule has 0 amide bonds. The smallest absolute Gasteiger partial charge is 0.164 e. The average molecular weight is 792 g/mol. The zero-order valence-corrected chi connectivity index (χ0v) is 33.6. The van der Waals surface area contributed by atoms with Crippen molar-refractivity contribution in [3.63, 3.8) is 0 Å². The summed E-state index contributed by atoms with van der Waals surface area (Å²) in [5.41, 5.74) is 14.2. The summed E-state index contributed by atoms with van der Waals surface area (Å²) in [6, 6.07) is 79.3. The van der Waals surface area contributed by atoms with Gasteiger partial charge in [0.25, 0.3) is 0 Å². The van der Waals surface area contributed by atoms with Crippen molar-refractivity contribution in [3.8, 4) is 67.8 Å². The molecule has 12 aromatic rings. The van der Waals surface area contributed by atoms with Crippen LogP contribution >= 0.6 is 0 Å². The number of para-hydroxylation sites is 4. The highest BCUT2D eigenvalue weighted by Crippen LogP contribution is 2.39. The van der Waals surface area contributed by atoms with Gasteiger partial charge in [-0.15, -0.1) is 0 Å². The van der Waals surface area contributed by atoms with Crippen molar-refractivity contribution in [1.82, 2.24) is 24.1 Å². The van der Waals surface area contributed by atoms with Crippen LogP contribution in [0.25, 0.3) is 111 Å². The van der Waals surface area contributed by atoms with Crippen LogP contribution in [0.2, 0.25) is 0 Å². The summed E-state index contributed by atoms with van der Waals surface area (Å²) in [5, 5.41) is 4.92. The van der Waals surface area contributed by atoms with Gasteiger partial charge < -0.3 is 9.13 Å². The van der Waals surface area contributed by atoms with E-state index in [1.807, 2.05) is 30.3 Å². The van der Waals surface area contributed by atoms with Gasteiger partial charge in [-0.2, -0.15) is 0 Å². The largest absolute Gasteiger partial charge is 0.309 e. The summed E-state index contributed by atoms with van der Waals surface area (Å²) in [5.74, 6) is 1.87. The Bertz CT molecular complexity index is 3520. The van der Waals surface area contributed by atoms with Crippen LogP contribution in [0.1, 0.15) is 0 Å². The molecule has 0 saturated carbocycles. The summed E-state index contributed by atoms with van der Waals surface area (Å²) in [7, 11) is 0. The number of fused-ring (bicyclic) bond motifs is 6. The van der Waals surface area contributed by atoms with Crippen LogP contribution in [-0.2, 0) is 0 Å². The van der Waals surface area contributed by atoms with Gasteiger partial charge in [-0.05, 0) is 59.2 Å². The van der Waals surface area contributed by atoms with Gasteiger partial charge in [-0.3, -0.25) is 0 Å². The van der Waals surface area contributed by atoms with Crippen LogP contribution in [0, 0.1) is 0 Å². The second kappa shape index (κ2) is 14.7. The van der Waals surface area contributed by atoms with Crippen LogP contribution in [-0.4, -0.2) is 24.1 Å². The molecule has 0 spiro atoms. The first-order valence-electron chi connectivity index (χ1n) is 20.9. The van der Waals surface area contributed by atoms with E-state index in [1.165, 1.54) is 43.7 Å². The predicted molar refractivity (Wildman–Crippen MR) is 256 cm³/mol. The number of hydrogen-bond donors (Lipinski definition) is 0. The normalized spacial score (nSPS) is 11.5. The van der Waals surface area contributed by atoms with Crippen LogP contribution < -0.4 is 0 Å². The topological polar surface area (TPSA) is 48.5 Å². The third kappa shape index (κ3) is 5.98. The maximum atomic E-state index is 5.17. The molecule has 12 rings (SSSR count). The van der Waals surface area contributed by atoms with E-state index < -0.39 is 0 Å². The lowest BCUT2D eigenvalue weighted by Gasteiger charge is -2.16. The summed E-state index contributed by atoms with van der Waals surface area (Å²) in [6.07, 6.45) is 0. The monoisotopic (exact) mass is 791 g/mol. The highest BCUT2D eigenvalue weighted by Gasteiger charge is 2.18. The molecule has 290 valence electrons. The highest BCUT2D eigenvalue weighted by atomic mass is 15.0. The minimum absolute atomic E-state index is 0.618. The number of aromatic nitrogens is 5. The molecule has 0 aliphatic rings. The Morgan fingerprint density at radius 2 is 0.661 bits per heavy atom. The summed E-state index contributed by atoms with van der Waals surface area (Å²) >= 11 is 0. The van der Waals surface area contributed by atoms with Crippen LogP contribution in [0.4, 0.5) is 0 Å². The molecule has 5 nitrogen and oxygen atoms in total. The molecule has 0 fully saturated rings. The van der Waals surface area contributed by atoms with Crippen molar-refractivity contribution in [2.45, 2.75) is 0 Å². The zero-order valence-electron chi connectivity index (χ0n) is 33.6. The van der Waals surface area contributed by atoms with Crippen LogP contribution in [0.5, 0.6) is 0 Å². The molecule has 3 heterocycles. The van der Waals surface area contributed by atoms with Gasteiger partial charge in [-0.25, -0.2) is 15.0 Å². The lowest BCUT2D eigenvalue weighted by atomic mass is 9.97. The minimum Gasteiger partial charge on any atom is -0.309 e. The number of nitrogens with zero attached hydrogens (tertiary/aromatic N) is 5. The maximum Gasteiger partial charge on any atom is 0.164 e.